The average Bonchev–Trinajstić information content (AvgIpc) is 2.25. The van der Waals surface area contributed by atoms with Gasteiger partial charge in [-0.25, -0.2) is 4.39 Å². The molecule has 2 rings (SSSR count). The molecular formula is C15H17FN2. The fourth-order valence-corrected chi connectivity index (χ4v) is 2.18. The number of halogens is 1. The molecule has 0 amide bonds. The van der Waals surface area contributed by atoms with Crippen LogP contribution in [-0.2, 0) is 0 Å². The molecule has 0 aliphatic carbocycles. The van der Waals surface area contributed by atoms with Crippen LogP contribution in [0.3, 0.4) is 0 Å². The minimum atomic E-state index is -0.320. The SMILES string of the molecule is Cc1cc(F)cc(C(N)c2cc(C)nc(C)c2)c1. The third kappa shape index (κ3) is 2.74. The van der Waals surface area contributed by atoms with Crippen LogP contribution in [0.25, 0.3) is 0 Å². The molecule has 1 heterocycles. The molecule has 0 radical (unpaired) electrons. The molecule has 1 aromatic heterocycles. The first-order chi connectivity index (χ1) is 8.45. The van der Waals surface area contributed by atoms with E-state index in [0.717, 1.165) is 28.1 Å². The summed E-state index contributed by atoms with van der Waals surface area (Å²) in [6, 6.07) is 8.47. The highest BCUT2D eigenvalue weighted by molar-refractivity contribution is 5.35. The Morgan fingerprint density at radius 3 is 2.06 bits per heavy atom. The second-order valence-corrected chi connectivity index (χ2v) is 4.72. The van der Waals surface area contributed by atoms with Gasteiger partial charge in [-0.3, -0.25) is 4.98 Å². The van der Waals surface area contributed by atoms with Crippen molar-refractivity contribution in [3.63, 3.8) is 0 Å². The van der Waals surface area contributed by atoms with Gasteiger partial charge < -0.3 is 5.73 Å². The van der Waals surface area contributed by atoms with Crippen LogP contribution in [-0.4, -0.2) is 4.98 Å². The number of hydrogen-bond donors (Lipinski definition) is 1. The average molecular weight is 244 g/mol. The maximum absolute atomic E-state index is 13.4. The summed E-state index contributed by atoms with van der Waals surface area (Å²) in [6.45, 7) is 5.72. The van der Waals surface area contributed by atoms with Crippen molar-refractivity contribution in [2.75, 3.05) is 0 Å². The van der Waals surface area contributed by atoms with Crippen molar-refractivity contribution in [1.82, 2.24) is 4.98 Å². The zero-order valence-electron chi connectivity index (χ0n) is 10.9. The van der Waals surface area contributed by atoms with E-state index in [1.807, 2.05) is 39.0 Å². The topological polar surface area (TPSA) is 38.9 Å². The molecule has 2 aromatic rings. The zero-order valence-corrected chi connectivity index (χ0v) is 10.9. The number of nitrogens with zero attached hydrogens (tertiary/aromatic N) is 1. The van der Waals surface area contributed by atoms with Gasteiger partial charge in [-0.2, -0.15) is 0 Å². The van der Waals surface area contributed by atoms with Gasteiger partial charge in [-0.1, -0.05) is 6.07 Å². The van der Waals surface area contributed by atoms with Crippen LogP contribution in [0.5, 0.6) is 0 Å². The third-order valence-corrected chi connectivity index (χ3v) is 2.89. The quantitative estimate of drug-likeness (QED) is 0.881. The van der Waals surface area contributed by atoms with E-state index in [1.54, 1.807) is 0 Å². The molecule has 1 unspecified atom stereocenters. The molecule has 2 nitrogen and oxygen atoms in total. The predicted octanol–water partition coefficient (Wildman–Crippen LogP) is 3.19. The first-order valence-corrected chi connectivity index (χ1v) is 5.93. The van der Waals surface area contributed by atoms with Crippen molar-refractivity contribution in [2.45, 2.75) is 26.8 Å². The fraction of sp³-hybridized carbons (Fsp3) is 0.267. The van der Waals surface area contributed by atoms with Gasteiger partial charge in [-0.05, 0) is 61.7 Å². The Labute approximate surface area is 107 Å². The smallest absolute Gasteiger partial charge is 0.123 e. The maximum atomic E-state index is 13.4. The second-order valence-electron chi connectivity index (χ2n) is 4.72. The standard InChI is InChI=1S/C15H17FN2/c1-9-4-12(8-14(16)5-9)15(17)13-6-10(2)18-11(3)7-13/h4-8,15H,17H2,1-3H3. The molecule has 0 spiro atoms. The third-order valence-electron chi connectivity index (χ3n) is 2.89. The summed E-state index contributed by atoms with van der Waals surface area (Å²) in [6.07, 6.45) is 0. The van der Waals surface area contributed by atoms with E-state index in [2.05, 4.69) is 4.98 Å². The first kappa shape index (κ1) is 12.7. The van der Waals surface area contributed by atoms with Crippen molar-refractivity contribution in [3.05, 3.63) is 64.2 Å². The van der Waals surface area contributed by atoms with Crippen molar-refractivity contribution in [3.8, 4) is 0 Å². The van der Waals surface area contributed by atoms with Crippen LogP contribution in [0.4, 0.5) is 4.39 Å². The second kappa shape index (κ2) is 4.86. The minimum Gasteiger partial charge on any atom is -0.320 e. The van der Waals surface area contributed by atoms with Gasteiger partial charge in [0.1, 0.15) is 5.82 Å². The van der Waals surface area contributed by atoms with Crippen molar-refractivity contribution in [1.29, 1.82) is 0 Å². The molecule has 0 saturated carbocycles. The van der Waals surface area contributed by atoms with Crippen molar-refractivity contribution >= 4 is 0 Å². The van der Waals surface area contributed by atoms with E-state index in [9.17, 15) is 4.39 Å². The monoisotopic (exact) mass is 244 g/mol. The molecule has 1 atom stereocenters. The Bertz CT molecular complexity index is 487. The summed E-state index contributed by atoms with van der Waals surface area (Å²) in [5.74, 6) is -0.247. The van der Waals surface area contributed by atoms with Gasteiger partial charge >= 0.3 is 0 Å². The van der Waals surface area contributed by atoms with Crippen LogP contribution >= 0.6 is 0 Å². The molecular weight excluding hydrogens is 227 g/mol. The van der Waals surface area contributed by atoms with Crippen LogP contribution in [0.2, 0.25) is 0 Å². The first-order valence-electron chi connectivity index (χ1n) is 5.93. The van der Waals surface area contributed by atoms with Crippen molar-refractivity contribution < 1.29 is 4.39 Å². The number of benzene rings is 1. The van der Waals surface area contributed by atoms with Crippen LogP contribution in [0.1, 0.15) is 34.1 Å². The van der Waals surface area contributed by atoms with E-state index in [0.29, 0.717) is 0 Å². The fourth-order valence-electron chi connectivity index (χ4n) is 2.18. The van der Waals surface area contributed by atoms with E-state index in [1.165, 1.54) is 12.1 Å². The molecule has 0 fully saturated rings. The molecule has 3 heteroatoms. The number of nitrogens with two attached hydrogens (primary N) is 1. The van der Waals surface area contributed by atoms with Crippen LogP contribution in [0, 0.1) is 26.6 Å². The largest absolute Gasteiger partial charge is 0.320 e. The molecule has 1 aromatic carbocycles. The predicted molar refractivity (Wildman–Crippen MR) is 70.9 cm³/mol. The number of pyridine rings is 1. The van der Waals surface area contributed by atoms with Gasteiger partial charge in [0, 0.05) is 11.4 Å². The molecule has 0 aliphatic rings. The normalized spacial score (nSPS) is 12.5. The van der Waals surface area contributed by atoms with Gasteiger partial charge in [-0.15, -0.1) is 0 Å². The van der Waals surface area contributed by atoms with E-state index in [-0.39, 0.29) is 11.9 Å². The number of hydrogen-bond acceptors (Lipinski definition) is 2. The highest BCUT2D eigenvalue weighted by Gasteiger charge is 2.11. The summed E-state index contributed by atoms with van der Waals surface area (Å²) in [4.78, 5) is 4.32. The number of aromatic nitrogens is 1. The summed E-state index contributed by atoms with van der Waals surface area (Å²) in [5.41, 5.74) is 10.7. The lowest BCUT2D eigenvalue weighted by molar-refractivity contribution is 0.622. The highest BCUT2D eigenvalue weighted by Crippen LogP contribution is 2.22. The summed E-state index contributed by atoms with van der Waals surface area (Å²) in [7, 11) is 0. The zero-order chi connectivity index (χ0) is 13.3. The lowest BCUT2D eigenvalue weighted by atomic mass is 9.97. The highest BCUT2D eigenvalue weighted by atomic mass is 19.1. The Morgan fingerprint density at radius 2 is 1.50 bits per heavy atom. The Morgan fingerprint density at radius 1 is 0.944 bits per heavy atom. The van der Waals surface area contributed by atoms with Gasteiger partial charge in [0.2, 0.25) is 0 Å². The van der Waals surface area contributed by atoms with Gasteiger partial charge in [0.05, 0.1) is 6.04 Å². The summed E-state index contributed by atoms with van der Waals surface area (Å²) in [5, 5.41) is 0. The molecule has 2 N–H and O–H groups in total. The van der Waals surface area contributed by atoms with Crippen molar-refractivity contribution in [2.24, 2.45) is 5.73 Å². The molecule has 0 aliphatic heterocycles. The number of rotatable bonds is 2. The maximum Gasteiger partial charge on any atom is 0.123 e. The van der Waals surface area contributed by atoms with Gasteiger partial charge in [0.15, 0.2) is 0 Å². The minimum absolute atomic E-state index is 0.247. The van der Waals surface area contributed by atoms with E-state index >= 15 is 0 Å². The van der Waals surface area contributed by atoms with Crippen LogP contribution < -0.4 is 5.73 Å². The summed E-state index contributed by atoms with van der Waals surface area (Å²) >= 11 is 0. The molecule has 18 heavy (non-hydrogen) atoms. The van der Waals surface area contributed by atoms with E-state index < -0.39 is 0 Å². The van der Waals surface area contributed by atoms with Gasteiger partial charge in [0.25, 0.3) is 0 Å². The lowest BCUT2D eigenvalue weighted by Gasteiger charge is -2.14. The summed E-state index contributed by atoms with van der Waals surface area (Å²) < 4.78 is 13.4. The molecule has 0 saturated heterocycles. The Balaban J connectivity index is 2.43. The van der Waals surface area contributed by atoms with Crippen LogP contribution in [0.15, 0.2) is 30.3 Å². The Kier molecular flexibility index (Phi) is 3.43. The Hall–Kier alpha value is -1.74. The number of aryl methyl sites for hydroxylation is 3. The lowest BCUT2D eigenvalue weighted by Crippen LogP contribution is -2.13. The molecule has 94 valence electrons. The van der Waals surface area contributed by atoms with E-state index in [4.69, 9.17) is 5.73 Å². The molecule has 0 bridgehead atoms.